The number of imidazole rings is 1. The monoisotopic (exact) mass is 336 g/mol. The molecule has 1 heterocycles. The first kappa shape index (κ1) is 16.8. The van der Waals surface area contributed by atoms with Crippen LogP contribution >= 0.6 is 0 Å². The van der Waals surface area contributed by atoms with E-state index in [1.807, 2.05) is 42.5 Å². The van der Waals surface area contributed by atoms with Crippen LogP contribution in [0.5, 0.6) is 5.75 Å². The minimum absolute atomic E-state index is 0.393. The number of hydrogen-bond acceptors (Lipinski definition) is 4. The van der Waals surface area contributed by atoms with Gasteiger partial charge in [-0.2, -0.15) is 0 Å². The van der Waals surface area contributed by atoms with Gasteiger partial charge in [-0.05, 0) is 42.3 Å². The average molecular weight is 336 g/mol. The Balaban J connectivity index is 1.80. The Labute approximate surface area is 146 Å². The smallest absolute Gasteiger partial charge is 0.340 e. The molecule has 0 aliphatic rings. The molecule has 3 rings (SSSR count). The number of nitrogens with one attached hydrogen (secondary N) is 1. The molecule has 0 bridgehead atoms. The van der Waals surface area contributed by atoms with E-state index in [0.29, 0.717) is 16.9 Å². The minimum atomic E-state index is -0.393. The van der Waals surface area contributed by atoms with E-state index in [9.17, 15) is 4.79 Å². The van der Waals surface area contributed by atoms with E-state index in [0.717, 1.165) is 29.9 Å². The number of para-hydroxylation sites is 1. The number of benzene rings is 2. The number of ether oxygens (including phenoxy) is 2. The van der Waals surface area contributed by atoms with Gasteiger partial charge in [0.05, 0.1) is 24.8 Å². The third-order valence-corrected chi connectivity index (χ3v) is 3.72. The van der Waals surface area contributed by atoms with Gasteiger partial charge in [-0.25, -0.2) is 9.78 Å². The quantitative estimate of drug-likeness (QED) is 0.681. The summed E-state index contributed by atoms with van der Waals surface area (Å²) in [5.74, 6) is 1.15. The number of fused-ring (bicyclic) bond motifs is 1. The van der Waals surface area contributed by atoms with E-state index >= 15 is 0 Å². The van der Waals surface area contributed by atoms with Crippen LogP contribution in [-0.2, 0) is 4.74 Å². The molecule has 2 aromatic carbocycles. The lowest BCUT2D eigenvalue weighted by atomic mass is 10.2. The highest BCUT2D eigenvalue weighted by molar-refractivity contribution is 6.02. The summed E-state index contributed by atoms with van der Waals surface area (Å²) in [5, 5.41) is 0. The van der Waals surface area contributed by atoms with Crippen LogP contribution in [0.25, 0.3) is 23.2 Å². The maximum atomic E-state index is 11.8. The van der Waals surface area contributed by atoms with Crippen molar-refractivity contribution in [2.45, 2.75) is 13.3 Å². The third kappa shape index (κ3) is 3.88. The number of carbonyl (C=O) groups is 1. The van der Waals surface area contributed by atoms with Crippen LogP contribution in [0.15, 0.2) is 42.5 Å². The SMILES string of the molecule is CCCOc1ccc(/C=C/c2nc3c(C(=O)OC)cccc3[nH]2)cc1. The van der Waals surface area contributed by atoms with Crippen molar-refractivity contribution in [1.29, 1.82) is 0 Å². The highest BCUT2D eigenvalue weighted by atomic mass is 16.5. The molecule has 0 amide bonds. The summed E-state index contributed by atoms with van der Waals surface area (Å²) in [6.07, 6.45) is 4.82. The second-order valence-electron chi connectivity index (χ2n) is 5.57. The Kier molecular flexibility index (Phi) is 5.14. The van der Waals surface area contributed by atoms with Crippen molar-refractivity contribution in [3.05, 3.63) is 59.4 Å². The maximum absolute atomic E-state index is 11.8. The van der Waals surface area contributed by atoms with E-state index in [1.165, 1.54) is 7.11 Å². The van der Waals surface area contributed by atoms with Gasteiger partial charge >= 0.3 is 5.97 Å². The first-order chi connectivity index (χ1) is 12.2. The lowest BCUT2D eigenvalue weighted by molar-refractivity contribution is 0.0603. The summed E-state index contributed by atoms with van der Waals surface area (Å²) in [4.78, 5) is 19.5. The van der Waals surface area contributed by atoms with E-state index in [4.69, 9.17) is 9.47 Å². The fourth-order valence-electron chi connectivity index (χ4n) is 2.48. The molecule has 0 atom stereocenters. The van der Waals surface area contributed by atoms with Crippen LogP contribution in [0.3, 0.4) is 0 Å². The first-order valence-electron chi connectivity index (χ1n) is 8.19. The highest BCUT2D eigenvalue weighted by Gasteiger charge is 2.12. The van der Waals surface area contributed by atoms with Crippen LogP contribution < -0.4 is 4.74 Å². The summed E-state index contributed by atoms with van der Waals surface area (Å²) in [5.41, 5.74) is 2.90. The van der Waals surface area contributed by atoms with E-state index in [2.05, 4.69) is 16.9 Å². The zero-order chi connectivity index (χ0) is 17.6. The van der Waals surface area contributed by atoms with Crippen molar-refractivity contribution >= 4 is 29.2 Å². The second-order valence-corrected chi connectivity index (χ2v) is 5.57. The molecule has 0 fully saturated rings. The van der Waals surface area contributed by atoms with E-state index in [-0.39, 0.29) is 0 Å². The molecule has 0 aliphatic carbocycles. The van der Waals surface area contributed by atoms with Gasteiger partial charge in [0, 0.05) is 0 Å². The van der Waals surface area contributed by atoms with Crippen molar-refractivity contribution < 1.29 is 14.3 Å². The molecule has 0 aliphatic heterocycles. The lowest BCUT2D eigenvalue weighted by Gasteiger charge is -2.03. The first-order valence-corrected chi connectivity index (χ1v) is 8.19. The summed E-state index contributed by atoms with van der Waals surface area (Å²) < 4.78 is 10.4. The Morgan fingerprint density at radius 2 is 1.96 bits per heavy atom. The molecule has 0 saturated heterocycles. The van der Waals surface area contributed by atoms with Gasteiger partial charge in [-0.15, -0.1) is 0 Å². The third-order valence-electron chi connectivity index (χ3n) is 3.72. The van der Waals surface area contributed by atoms with Gasteiger partial charge in [0.15, 0.2) is 0 Å². The topological polar surface area (TPSA) is 64.2 Å². The molecule has 25 heavy (non-hydrogen) atoms. The van der Waals surface area contributed by atoms with Crippen LogP contribution in [0.4, 0.5) is 0 Å². The second kappa shape index (κ2) is 7.66. The molecule has 128 valence electrons. The predicted molar refractivity (Wildman–Crippen MR) is 98.6 cm³/mol. The Morgan fingerprint density at radius 1 is 1.16 bits per heavy atom. The van der Waals surface area contributed by atoms with Crippen molar-refractivity contribution in [1.82, 2.24) is 9.97 Å². The molecule has 0 spiro atoms. The molecule has 1 aromatic heterocycles. The number of hydrogen-bond donors (Lipinski definition) is 1. The minimum Gasteiger partial charge on any atom is -0.494 e. The fourth-order valence-corrected chi connectivity index (χ4v) is 2.48. The zero-order valence-electron chi connectivity index (χ0n) is 14.3. The molecular weight excluding hydrogens is 316 g/mol. The molecule has 0 radical (unpaired) electrons. The fraction of sp³-hybridized carbons (Fsp3) is 0.200. The van der Waals surface area contributed by atoms with Crippen LogP contribution in [0.2, 0.25) is 0 Å². The van der Waals surface area contributed by atoms with Crippen molar-refractivity contribution in [2.24, 2.45) is 0 Å². The molecular formula is C20H20N2O3. The van der Waals surface area contributed by atoms with Crippen LogP contribution in [0.1, 0.15) is 35.1 Å². The number of esters is 1. The molecule has 5 nitrogen and oxygen atoms in total. The van der Waals surface area contributed by atoms with Gasteiger partial charge in [0.1, 0.15) is 17.1 Å². The van der Waals surface area contributed by atoms with E-state index in [1.54, 1.807) is 12.1 Å². The lowest BCUT2D eigenvalue weighted by Crippen LogP contribution is -2.01. The molecule has 5 heteroatoms. The molecule has 1 N–H and O–H groups in total. The maximum Gasteiger partial charge on any atom is 0.340 e. The Morgan fingerprint density at radius 3 is 2.68 bits per heavy atom. The van der Waals surface area contributed by atoms with Crippen molar-refractivity contribution in [3.63, 3.8) is 0 Å². The number of aromatic nitrogens is 2. The average Bonchev–Trinajstić information content (AvgIpc) is 3.08. The summed E-state index contributed by atoms with van der Waals surface area (Å²) >= 11 is 0. The number of nitrogens with zero attached hydrogens (tertiary/aromatic N) is 1. The van der Waals surface area contributed by atoms with Gasteiger partial charge in [0.2, 0.25) is 0 Å². The predicted octanol–water partition coefficient (Wildman–Crippen LogP) is 4.31. The van der Waals surface area contributed by atoms with Gasteiger partial charge in [-0.3, -0.25) is 0 Å². The van der Waals surface area contributed by atoms with Gasteiger partial charge in [0.25, 0.3) is 0 Å². The molecule has 3 aromatic rings. The number of carbonyl (C=O) groups excluding carboxylic acids is 1. The normalized spacial score (nSPS) is 11.1. The van der Waals surface area contributed by atoms with Gasteiger partial charge in [-0.1, -0.05) is 31.2 Å². The summed E-state index contributed by atoms with van der Waals surface area (Å²) in [6.45, 7) is 2.80. The standard InChI is InChI=1S/C20H20N2O3/c1-3-13-25-15-10-7-14(8-11-15)9-12-18-21-17-6-4-5-16(19(17)22-18)20(23)24-2/h4-12H,3,13H2,1-2H3,(H,21,22)/b12-9+. The van der Waals surface area contributed by atoms with E-state index < -0.39 is 5.97 Å². The molecule has 0 unspecified atom stereocenters. The number of aromatic amines is 1. The number of H-pyrrole nitrogens is 1. The van der Waals surface area contributed by atoms with Crippen molar-refractivity contribution in [2.75, 3.05) is 13.7 Å². The summed E-state index contributed by atoms with van der Waals surface area (Å²) in [6, 6.07) is 13.3. The number of methoxy groups -OCH3 is 1. The number of rotatable bonds is 6. The highest BCUT2D eigenvalue weighted by Crippen LogP contribution is 2.19. The van der Waals surface area contributed by atoms with Crippen LogP contribution in [-0.4, -0.2) is 29.7 Å². The van der Waals surface area contributed by atoms with Crippen LogP contribution in [0, 0.1) is 0 Å². The largest absolute Gasteiger partial charge is 0.494 e. The van der Waals surface area contributed by atoms with Crippen molar-refractivity contribution in [3.8, 4) is 5.75 Å². The molecule has 0 saturated carbocycles. The zero-order valence-corrected chi connectivity index (χ0v) is 14.3. The Bertz CT molecular complexity index is 895. The Hall–Kier alpha value is -3.08. The van der Waals surface area contributed by atoms with Gasteiger partial charge < -0.3 is 14.5 Å². The summed E-state index contributed by atoms with van der Waals surface area (Å²) in [7, 11) is 1.36.